The van der Waals surface area contributed by atoms with E-state index in [9.17, 15) is 20.0 Å². The van der Waals surface area contributed by atoms with Gasteiger partial charge in [0.15, 0.2) is 0 Å². The van der Waals surface area contributed by atoms with E-state index in [0.29, 0.717) is 0 Å². The summed E-state index contributed by atoms with van der Waals surface area (Å²) in [7, 11) is 0. The molecule has 0 fully saturated rings. The number of phenolic OH excluding ortho intramolecular Hbond substituents is 1. The number of nitrogens with zero attached hydrogens (tertiary/aromatic N) is 2. The molecule has 0 heterocycles. The molecule has 0 aliphatic heterocycles. The molecule has 25 heavy (non-hydrogen) atoms. The Morgan fingerprint density at radius 2 is 1.96 bits per heavy atom. The summed E-state index contributed by atoms with van der Waals surface area (Å²) in [6.45, 7) is 3.65. The van der Waals surface area contributed by atoms with E-state index in [-0.39, 0.29) is 22.9 Å². The molecule has 1 atom stereocenters. The highest BCUT2D eigenvalue weighted by Gasteiger charge is 2.12. The van der Waals surface area contributed by atoms with Gasteiger partial charge in [-0.25, -0.2) is 5.43 Å². The average Bonchev–Trinajstić information content (AvgIpc) is 2.58. The lowest BCUT2D eigenvalue weighted by Crippen LogP contribution is -2.34. The van der Waals surface area contributed by atoms with Crippen molar-refractivity contribution >= 4 is 23.5 Å². The van der Waals surface area contributed by atoms with Gasteiger partial charge in [0.2, 0.25) is 0 Å². The second kappa shape index (κ2) is 7.91. The number of hydrazone groups is 1. The molecular formula is C17H18N4O4. The topological polar surface area (TPSA) is 117 Å². The third-order valence-corrected chi connectivity index (χ3v) is 3.43. The Morgan fingerprint density at radius 1 is 1.28 bits per heavy atom. The zero-order chi connectivity index (χ0) is 18.4. The van der Waals surface area contributed by atoms with Crippen LogP contribution >= 0.6 is 0 Å². The Hall–Kier alpha value is -3.42. The highest BCUT2D eigenvalue weighted by atomic mass is 16.6. The molecule has 8 nitrogen and oxygen atoms in total. The monoisotopic (exact) mass is 342 g/mol. The molecule has 0 saturated carbocycles. The first kappa shape index (κ1) is 17.9. The predicted molar refractivity (Wildman–Crippen MR) is 94.8 cm³/mol. The first-order valence-electron chi connectivity index (χ1n) is 7.50. The molecule has 0 spiro atoms. The number of non-ortho nitro benzene ring substituents is 1. The number of aryl methyl sites for hydroxylation is 1. The van der Waals surface area contributed by atoms with Crippen LogP contribution in [0.1, 0.15) is 18.1 Å². The fourth-order valence-corrected chi connectivity index (χ4v) is 1.99. The third kappa shape index (κ3) is 5.03. The van der Waals surface area contributed by atoms with E-state index in [1.807, 2.05) is 31.2 Å². The molecule has 0 aliphatic rings. The van der Waals surface area contributed by atoms with Gasteiger partial charge in [-0.3, -0.25) is 14.9 Å². The molecule has 3 N–H and O–H groups in total. The molecular weight excluding hydrogens is 324 g/mol. The fraction of sp³-hybridized carbons (Fsp3) is 0.176. The molecule has 0 saturated heterocycles. The van der Waals surface area contributed by atoms with E-state index < -0.39 is 11.0 Å². The van der Waals surface area contributed by atoms with Crippen LogP contribution in [0.15, 0.2) is 47.6 Å². The SMILES string of the molecule is Cc1ccc(N[C@H](C)C(=O)NN=Cc2cc([N+](=O)[O-])ccc2O)cc1. The third-order valence-electron chi connectivity index (χ3n) is 3.43. The maximum absolute atomic E-state index is 12.0. The van der Waals surface area contributed by atoms with Crippen molar-refractivity contribution in [1.82, 2.24) is 5.43 Å². The van der Waals surface area contributed by atoms with Crippen molar-refractivity contribution in [3.63, 3.8) is 0 Å². The number of benzene rings is 2. The first-order chi connectivity index (χ1) is 11.9. The van der Waals surface area contributed by atoms with Gasteiger partial charge < -0.3 is 10.4 Å². The largest absolute Gasteiger partial charge is 0.507 e. The van der Waals surface area contributed by atoms with Crippen molar-refractivity contribution < 1.29 is 14.8 Å². The van der Waals surface area contributed by atoms with Crippen molar-refractivity contribution in [3.8, 4) is 5.75 Å². The second-order valence-electron chi connectivity index (χ2n) is 5.47. The number of hydrogen-bond acceptors (Lipinski definition) is 6. The number of carbonyl (C=O) groups is 1. The standard InChI is InChI=1S/C17H18N4O4/c1-11-3-5-14(6-4-11)19-12(2)17(23)20-18-10-13-9-15(21(24)25)7-8-16(13)22/h3-10,12,19,22H,1-2H3,(H,20,23)/t12-/m1/s1. The minimum Gasteiger partial charge on any atom is -0.507 e. The smallest absolute Gasteiger partial charge is 0.270 e. The fourth-order valence-electron chi connectivity index (χ4n) is 1.99. The molecule has 0 bridgehead atoms. The van der Waals surface area contributed by atoms with Gasteiger partial charge in [-0.15, -0.1) is 0 Å². The van der Waals surface area contributed by atoms with Crippen molar-refractivity contribution in [3.05, 3.63) is 63.7 Å². The van der Waals surface area contributed by atoms with Gasteiger partial charge in [-0.05, 0) is 32.0 Å². The second-order valence-corrected chi connectivity index (χ2v) is 5.47. The summed E-state index contributed by atoms with van der Waals surface area (Å²) in [5.41, 5.74) is 4.19. The number of nitrogens with one attached hydrogen (secondary N) is 2. The zero-order valence-corrected chi connectivity index (χ0v) is 13.8. The molecule has 0 aromatic heterocycles. The molecule has 0 radical (unpaired) electrons. The van der Waals surface area contributed by atoms with Crippen LogP contribution in [0.3, 0.4) is 0 Å². The lowest BCUT2D eigenvalue weighted by Gasteiger charge is -2.13. The van der Waals surface area contributed by atoms with Gasteiger partial charge in [-0.2, -0.15) is 5.10 Å². The maximum Gasteiger partial charge on any atom is 0.270 e. The molecule has 2 rings (SSSR count). The highest BCUT2D eigenvalue weighted by Crippen LogP contribution is 2.21. The quantitative estimate of drug-likeness (QED) is 0.424. The molecule has 2 aromatic carbocycles. The van der Waals surface area contributed by atoms with Crippen molar-refractivity contribution in [2.45, 2.75) is 19.9 Å². The van der Waals surface area contributed by atoms with Crippen LogP contribution in [-0.2, 0) is 4.79 Å². The van der Waals surface area contributed by atoms with Gasteiger partial charge in [0.05, 0.1) is 11.1 Å². The van der Waals surface area contributed by atoms with E-state index in [0.717, 1.165) is 17.5 Å². The number of phenols is 1. The van der Waals surface area contributed by atoms with E-state index in [1.165, 1.54) is 18.2 Å². The Labute approximate surface area is 144 Å². The number of hydrogen-bond donors (Lipinski definition) is 3. The Morgan fingerprint density at radius 3 is 2.60 bits per heavy atom. The van der Waals surface area contributed by atoms with Crippen LogP contribution < -0.4 is 10.7 Å². The van der Waals surface area contributed by atoms with Gasteiger partial charge >= 0.3 is 0 Å². The molecule has 8 heteroatoms. The van der Waals surface area contributed by atoms with Gasteiger partial charge in [-0.1, -0.05) is 17.7 Å². The Balaban J connectivity index is 1.96. The van der Waals surface area contributed by atoms with Crippen LogP contribution in [0.5, 0.6) is 5.75 Å². The number of nitro groups is 1. The van der Waals surface area contributed by atoms with Crippen molar-refractivity contribution in [2.75, 3.05) is 5.32 Å². The van der Waals surface area contributed by atoms with E-state index in [4.69, 9.17) is 0 Å². The van der Waals surface area contributed by atoms with Crippen molar-refractivity contribution in [2.24, 2.45) is 5.10 Å². The number of anilines is 1. The minimum absolute atomic E-state index is 0.133. The van der Waals surface area contributed by atoms with Gasteiger partial charge in [0, 0.05) is 23.4 Å². The molecule has 130 valence electrons. The van der Waals surface area contributed by atoms with Gasteiger partial charge in [0.25, 0.3) is 11.6 Å². The Kier molecular flexibility index (Phi) is 5.67. The lowest BCUT2D eigenvalue weighted by molar-refractivity contribution is -0.384. The number of nitro benzene ring substituents is 1. The zero-order valence-electron chi connectivity index (χ0n) is 13.8. The summed E-state index contributed by atoms with van der Waals surface area (Å²) in [6, 6.07) is 10.6. The normalized spacial score (nSPS) is 11.9. The van der Waals surface area contributed by atoms with Crippen LogP contribution in [0.4, 0.5) is 11.4 Å². The number of rotatable bonds is 6. The van der Waals surface area contributed by atoms with Crippen LogP contribution in [-0.4, -0.2) is 28.2 Å². The number of carbonyl (C=O) groups excluding carboxylic acids is 1. The maximum atomic E-state index is 12.0. The Bertz CT molecular complexity index is 803. The summed E-state index contributed by atoms with van der Waals surface area (Å²) < 4.78 is 0. The predicted octanol–water partition coefficient (Wildman–Crippen LogP) is 2.56. The van der Waals surface area contributed by atoms with E-state index >= 15 is 0 Å². The summed E-state index contributed by atoms with van der Waals surface area (Å²) >= 11 is 0. The summed E-state index contributed by atoms with van der Waals surface area (Å²) in [5, 5.41) is 27.2. The summed E-state index contributed by atoms with van der Waals surface area (Å²) in [5.74, 6) is -0.559. The first-order valence-corrected chi connectivity index (χ1v) is 7.50. The number of aromatic hydroxyl groups is 1. The molecule has 2 aromatic rings. The lowest BCUT2D eigenvalue weighted by atomic mass is 10.2. The van der Waals surface area contributed by atoms with Crippen molar-refractivity contribution in [1.29, 1.82) is 0 Å². The van der Waals surface area contributed by atoms with Crippen LogP contribution in [0, 0.1) is 17.0 Å². The number of amides is 1. The summed E-state index contributed by atoms with van der Waals surface area (Å²) in [4.78, 5) is 22.2. The van der Waals surface area contributed by atoms with Gasteiger partial charge in [0.1, 0.15) is 11.8 Å². The highest BCUT2D eigenvalue weighted by molar-refractivity contribution is 5.88. The minimum atomic E-state index is -0.580. The summed E-state index contributed by atoms with van der Waals surface area (Å²) in [6.07, 6.45) is 1.15. The molecule has 0 unspecified atom stereocenters. The molecule has 0 aliphatic carbocycles. The van der Waals surface area contributed by atoms with E-state index in [2.05, 4.69) is 15.8 Å². The molecule has 1 amide bonds. The van der Waals surface area contributed by atoms with Crippen LogP contribution in [0.2, 0.25) is 0 Å². The average molecular weight is 342 g/mol. The van der Waals surface area contributed by atoms with Crippen LogP contribution in [0.25, 0.3) is 0 Å². The van der Waals surface area contributed by atoms with E-state index in [1.54, 1.807) is 6.92 Å².